The number of rotatable bonds is 3. The van der Waals surface area contributed by atoms with E-state index in [1.165, 1.54) is 38.9 Å². The van der Waals surface area contributed by atoms with Crippen molar-refractivity contribution in [3.63, 3.8) is 0 Å². The van der Waals surface area contributed by atoms with E-state index in [9.17, 15) is 0 Å². The second kappa shape index (κ2) is 6.36. The smallest absolute Gasteiger partial charge is 0.0580 e. The van der Waals surface area contributed by atoms with Gasteiger partial charge in [0, 0.05) is 32.7 Å². The predicted molar refractivity (Wildman–Crippen MR) is 75.8 cm³/mol. The molecule has 1 N–H and O–H groups in total. The van der Waals surface area contributed by atoms with Crippen LogP contribution in [0.15, 0.2) is 0 Å². The molecule has 2 aliphatic rings. The zero-order valence-electron chi connectivity index (χ0n) is 12.4. The zero-order chi connectivity index (χ0) is 13.0. The Labute approximate surface area is 112 Å². The molecule has 0 aromatic rings. The molecule has 2 heterocycles. The van der Waals surface area contributed by atoms with Gasteiger partial charge in [-0.25, -0.2) is 0 Å². The number of hydrogen-bond acceptors (Lipinski definition) is 3. The molecule has 18 heavy (non-hydrogen) atoms. The Bertz CT molecular complexity index is 235. The normalized spacial score (nSPS) is 31.5. The second-order valence-electron chi connectivity index (χ2n) is 7.21. The molecule has 2 aliphatic heterocycles. The highest BCUT2D eigenvalue weighted by molar-refractivity contribution is 4.78. The van der Waals surface area contributed by atoms with Crippen LogP contribution in [0.4, 0.5) is 0 Å². The average molecular weight is 254 g/mol. The molecule has 0 aliphatic carbocycles. The van der Waals surface area contributed by atoms with E-state index in [0.717, 1.165) is 25.6 Å². The highest BCUT2D eigenvalue weighted by Gasteiger charge is 2.26. The van der Waals surface area contributed by atoms with Gasteiger partial charge in [-0.3, -0.25) is 0 Å². The van der Waals surface area contributed by atoms with Crippen molar-refractivity contribution >= 4 is 0 Å². The van der Waals surface area contributed by atoms with E-state index in [1.54, 1.807) is 0 Å². The molecule has 0 bridgehead atoms. The highest BCUT2D eigenvalue weighted by Crippen LogP contribution is 2.29. The summed E-state index contributed by atoms with van der Waals surface area (Å²) in [5.74, 6) is 0.763. The lowest BCUT2D eigenvalue weighted by atomic mass is 9.85. The summed E-state index contributed by atoms with van der Waals surface area (Å²) in [5, 5.41) is 3.41. The summed E-state index contributed by atoms with van der Waals surface area (Å²) in [6.45, 7) is 13.9. The molecule has 0 amide bonds. The first-order valence-electron chi connectivity index (χ1n) is 7.57. The quantitative estimate of drug-likeness (QED) is 0.835. The average Bonchev–Trinajstić information content (AvgIpc) is 2.31. The summed E-state index contributed by atoms with van der Waals surface area (Å²) in [5.41, 5.74) is 0.399. The molecule has 2 atom stereocenters. The third-order valence-electron chi connectivity index (χ3n) is 4.03. The fraction of sp³-hybridized carbons (Fsp3) is 1.00. The fourth-order valence-corrected chi connectivity index (χ4v) is 3.11. The summed E-state index contributed by atoms with van der Waals surface area (Å²) in [4.78, 5) is 2.59. The molecule has 0 aromatic carbocycles. The maximum absolute atomic E-state index is 6.07. The summed E-state index contributed by atoms with van der Waals surface area (Å²) in [6, 6.07) is 0. The minimum absolute atomic E-state index is 0.399. The van der Waals surface area contributed by atoms with E-state index in [4.69, 9.17) is 4.74 Å². The van der Waals surface area contributed by atoms with Crippen molar-refractivity contribution in [1.29, 1.82) is 0 Å². The van der Waals surface area contributed by atoms with Crippen LogP contribution in [0.5, 0.6) is 0 Å². The molecule has 2 unspecified atom stereocenters. The van der Waals surface area contributed by atoms with Crippen LogP contribution in [0.2, 0.25) is 0 Å². The number of hydrogen-bond donors (Lipinski definition) is 1. The Morgan fingerprint density at radius 2 is 1.89 bits per heavy atom. The Kier molecular flexibility index (Phi) is 5.05. The number of nitrogens with one attached hydrogen (secondary N) is 1. The SMILES string of the molecule is CC(C)(C)CC1CCC(CN2CCNCC2)CO1. The van der Waals surface area contributed by atoms with Crippen LogP contribution in [-0.4, -0.2) is 50.3 Å². The monoisotopic (exact) mass is 254 g/mol. The topological polar surface area (TPSA) is 24.5 Å². The number of nitrogens with zero attached hydrogens (tertiary/aromatic N) is 1. The predicted octanol–water partition coefficient (Wildman–Crippen LogP) is 2.12. The summed E-state index contributed by atoms with van der Waals surface area (Å²) < 4.78 is 6.07. The lowest BCUT2D eigenvalue weighted by Crippen LogP contribution is -2.46. The summed E-state index contributed by atoms with van der Waals surface area (Å²) in [6.07, 6.45) is 4.32. The third-order valence-corrected chi connectivity index (χ3v) is 4.03. The van der Waals surface area contributed by atoms with E-state index in [2.05, 4.69) is 31.0 Å². The van der Waals surface area contributed by atoms with E-state index >= 15 is 0 Å². The molecule has 0 radical (unpaired) electrons. The molecule has 0 spiro atoms. The van der Waals surface area contributed by atoms with Gasteiger partial charge in [0.2, 0.25) is 0 Å². The molecular weight excluding hydrogens is 224 g/mol. The lowest BCUT2D eigenvalue weighted by molar-refractivity contribution is -0.0420. The van der Waals surface area contributed by atoms with Gasteiger partial charge in [-0.05, 0) is 30.6 Å². The van der Waals surface area contributed by atoms with Crippen molar-refractivity contribution in [2.24, 2.45) is 11.3 Å². The molecule has 2 rings (SSSR count). The first-order valence-corrected chi connectivity index (χ1v) is 7.57. The van der Waals surface area contributed by atoms with Crippen LogP contribution >= 0.6 is 0 Å². The standard InChI is InChI=1S/C15H30N2O/c1-15(2,3)10-14-5-4-13(12-18-14)11-17-8-6-16-7-9-17/h13-14,16H,4-12H2,1-3H3. The lowest BCUT2D eigenvalue weighted by Gasteiger charge is -2.36. The van der Waals surface area contributed by atoms with E-state index in [-0.39, 0.29) is 0 Å². The molecule has 106 valence electrons. The summed E-state index contributed by atoms with van der Waals surface area (Å²) in [7, 11) is 0. The molecular formula is C15H30N2O. The van der Waals surface area contributed by atoms with Gasteiger partial charge in [-0.15, -0.1) is 0 Å². The zero-order valence-corrected chi connectivity index (χ0v) is 12.4. The van der Waals surface area contributed by atoms with Crippen molar-refractivity contribution in [3.8, 4) is 0 Å². The molecule has 3 nitrogen and oxygen atoms in total. The maximum Gasteiger partial charge on any atom is 0.0580 e. The Morgan fingerprint density at radius 1 is 1.17 bits per heavy atom. The van der Waals surface area contributed by atoms with Crippen molar-refractivity contribution in [1.82, 2.24) is 10.2 Å². The Balaban J connectivity index is 1.66. The number of piperazine rings is 1. The number of ether oxygens (including phenoxy) is 1. The van der Waals surface area contributed by atoms with E-state index < -0.39 is 0 Å². The first kappa shape index (κ1) is 14.3. The fourth-order valence-electron chi connectivity index (χ4n) is 3.11. The van der Waals surface area contributed by atoms with Gasteiger partial charge in [0.15, 0.2) is 0 Å². The van der Waals surface area contributed by atoms with Gasteiger partial charge in [0.25, 0.3) is 0 Å². The molecule has 0 aromatic heterocycles. The Hall–Kier alpha value is -0.120. The van der Waals surface area contributed by atoms with Gasteiger partial charge in [0.05, 0.1) is 12.7 Å². The minimum Gasteiger partial charge on any atom is -0.378 e. The third kappa shape index (κ3) is 4.87. The minimum atomic E-state index is 0.399. The van der Waals surface area contributed by atoms with Gasteiger partial charge < -0.3 is 15.0 Å². The van der Waals surface area contributed by atoms with Crippen molar-refractivity contribution in [2.45, 2.75) is 46.1 Å². The second-order valence-corrected chi connectivity index (χ2v) is 7.21. The highest BCUT2D eigenvalue weighted by atomic mass is 16.5. The van der Waals surface area contributed by atoms with Crippen LogP contribution in [0, 0.1) is 11.3 Å². The summed E-state index contributed by atoms with van der Waals surface area (Å²) >= 11 is 0. The molecule has 2 fully saturated rings. The van der Waals surface area contributed by atoms with Crippen LogP contribution in [-0.2, 0) is 4.74 Å². The van der Waals surface area contributed by atoms with Crippen molar-refractivity contribution in [3.05, 3.63) is 0 Å². The van der Waals surface area contributed by atoms with Crippen molar-refractivity contribution in [2.75, 3.05) is 39.3 Å². The molecule has 0 saturated carbocycles. The maximum atomic E-state index is 6.07. The van der Waals surface area contributed by atoms with Gasteiger partial charge in [0.1, 0.15) is 0 Å². The molecule has 3 heteroatoms. The Morgan fingerprint density at radius 3 is 2.44 bits per heavy atom. The molecule has 2 saturated heterocycles. The largest absolute Gasteiger partial charge is 0.378 e. The van der Waals surface area contributed by atoms with E-state index in [1.807, 2.05) is 0 Å². The van der Waals surface area contributed by atoms with Gasteiger partial charge >= 0.3 is 0 Å². The first-order chi connectivity index (χ1) is 8.53. The van der Waals surface area contributed by atoms with Crippen LogP contribution in [0.3, 0.4) is 0 Å². The van der Waals surface area contributed by atoms with Crippen LogP contribution < -0.4 is 5.32 Å². The van der Waals surface area contributed by atoms with Crippen LogP contribution in [0.25, 0.3) is 0 Å². The van der Waals surface area contributed by atoms with Crippen LogP contribution in [0.1, 0.15) is 40.0 Å². The van der Waals surface area contributed by atoms with Gasteiger partial charge in [-0.2, -0.15) is 0 Å². The van der Waals surface area contributed by atoms with Gasteiger partial charge in [-0.1, -0.05) is 20.8 Å². The van der Waals surface area contributed by atoms with E-state index in [0.29, 0.717) is 11.5 Å². The van der Waals surface area contributed by atoms with Crippen molar-refractivity contribution < 1.29 is 4.74 Å².